The summed E-state index contributed by atoms with van der Waals surface area (Å²) >= 11 is 5.05. The second-order valence-corrected chi connectivity index (χ2v) is 3.42. The Hall–Kier alpha value is -1.16. The topological polar surface area (TPSA) is 33.5 Å². The number of carbonyl (C=O) groups excluding carboxylic acids is 1. The van der Waals surface area contributed by atoms with Crippen LogP contribution in [0.5, 0.6) is 0 Å². The summed E-state index contributed by atoms with van der Waals surface area (Å²) in [5.41, 5.74) is 0. The normalized spacial score (nSPS) is 17.1. The molecule has 0 unspecified atom stereocenters. The van der Waals surface area contributed by atoms with Crippen molar-refractivity contribution in [3.8, 4) is 0 Å². The number of hydrogen-bond acceptors (Lipinski definition) is 3. The van der Waals surface area contributed by atoms with Gasteiger partial charge >= 0.3 is 0 Å². The van der Waals surface area contributed by atoms with Crippen molar-refractivity contribution in [3.05, 3.63) is 24.2 Å². The Bertz CT molecular complexity index is 315. The van der Waals surface area contributed by atoms with Gasteiger partial charge in [-0.2, -0.15) is 0 Å². The van der Waals surface area contributed by atoms with Gasteiger partial charge in [0.2, 0.25) is 5.91 Å². The van der Waals surface area contributed by atoms with E-state index < -0.39 is 0 Å². The zero-order chi connectivity index (χ0) is 9.26. The highest BCUT2D eigenvalue weighted by Crippen LogP contribution is 2.17. The summed E-state index contributed by atoms with van der Waals surface area (Å²) in [6, 6.07) is 3.65. The van der Waals surface area contributed by atoms with Crippen molar-refractivity contribution in [2.24, 2.45) is 0 Å². The molecule has 0 radical (unpaired) electrons. The Morgan fingerprint density at radius 2 is 2.38 bits per heavy atom. The van der Waals surface area contributed by atoms with E-state index in [4.69, 9.17) is 16.6 Å². The smallest absolute Gasteiger partial charge is 0.228 e. The second-order valence-electron chi connectivity index (χ2n) is 2.95. The minimum Gasteiger partial charge on any atom is -0.467 e. The van der Waals surface area contributed by atoms with Gasteiger partial charge in [0.15, 0.2) is 0 Å². The quantitative estimate of drug-likeness (QED) is 0.674. The van der Waals surface area contributed by atoms with Crippen LogP contribution in [-0.4, -0.2) is 15.8 Å². The molecular weight excluding hydrogens is 186 g/mol. The second kappa shape index (κ2) is 3.30. The van der Waals surface area contributed by atoms with Crippen molar-refractivity contribution in [1.82, 2.24) is 4.90 Å². The Balaban J connectivity index is 2.09. The molecular formula is C9H9NO2S. The molecule has 2 rings (SSSR count). The number of nitrogens with zero attached hydrogens (tertiary/aromatic N) is 1. The first-order chi connectivity index (χ1) is 6.27. The standard InChI is InChI=1S/C9H9NO2S/c11-8-3-4-9(13)10(8)6-7-2-1-5-12-7/h1-2,5H,3-4,6H2. The molecule has 1 saturated heterocycles. The Morgan fingerprint density at radius 3 is 2.92 bits per heavy atom. The van der Waals surface area contributed by atoms with Gasteiger partial charge in [-0.05, 0) is 12.1 Å². The summed E-state index contributed by atoms with van der Waals surface area (Å²) in [7, 11) is 0. The third-order valence-electron chi connectivity index (χ3n) is 2.05. The molecule has 0 N–H and O–H groups in total. The number of thiocarbonyl (C=S) groups is 1. The minimum absolute atomic E-state index is 0.0985. The van der Waals surface area contributed by atoms with Crippen LogP contribution in [0.2, 0.25) is 0 Å². The number of likely N-dealkylation sites (tertiary alicyclic amines) is 1. The molecule has 0 bridgehead atoms. The van der Waals surface area contributed by atoms with Gasteiger partial charge in [-0.1, -0.05) is 12.2 Å². The molecule has 1 aliphatic rings. The summed E-state index contributed by atoms with van der Waals surface area (Å²) in [6.45, 7) is 0.477. The maximum atomic E-state index is 11.3. The lowest BCUT2D eigenvalue weighted by molar-refractivity contribution is -0.126. The van der Waals surface area contributed by atoms with Gasteiger partial charge in [0.1, 0.15) is 5.76 Å². The van der Waals surface area contributed by atoms with Crippen molar-refractivity contribution >= 4 is 23.1 Å². The van der Waals surface area contributed by atoms with Gasteiger partial charge in [0, 0.05) is 12.8 Å². The van der Waals surface area contributed by atoms with E-state index in [1.165, 1.54) is 0 Å². The first-order valence-corrected chi connectivity index (χ1v) is 4.54. The molecule has 1 aliphatic heterocycles. The fourth-order valence-electron chi connectivity index (χ4n) is 1.36. The Labute approximate surface area is 81.3 Å². The van der Waals surface area contributed by atoms with E-state index in [9.17, 15) is 4.79 Å². The highest BCUT2D eigenvalue weighted by Gasteiger charge is 2.25. The summed E-state index contributed by atoms with van der Waals surface area (Å²) in [6.07, 6.45) is 2.84. The number of amides is 1. The molecule has 68 valence electrons. The average Bonchev–Trinajstić information content (AvgIpc) is 2.70. The molecule has 0 aromatic carbocycles. The van der Waals surface area contributed by atoms with Gasteiger partial charge in [0.25, 0.3) is 0 Å². The van der Waals surface area contributed by atoms with E-state index in [1.807, 2.05) is 6.07 Å². The lowest BCUT2D eigenvalue weighted by Crippen LogP contribution is -2.26. The van der Waals surface area contributed by atoms with Crippen molar-refractivity contribution in [2.45, 2.75) is 19.4 Å². The zero-order valence-corrected chi connectivity index (χ0v) is 7.84. The van der Waals surface area contributed by atoms with Crippen LogP contribution >= 0.6 is 12.2 Å². The maximum Gasteiger partial charge on any atom is 0.228 e. The highest BCUT2D eigenvalue weighted by atomic mass is 32.1. The largest absolute Gasteiger partial charge is 0.467 e. The van der Waals surface area contributed by atoms with Crippen molar-refractivity contribution in [2.75, 3.05) is 0 Å². The molecule has 13 heavy (non-hydrogen) atoms. The molecule has 0 aliphatic carbocycles. The van der Waals surface area contributed by atoms with E-state index in [0.29, 0.717) is 19.4 Å². The molecule has 0 saturated carbocycles. The van der Waals surface area contributed by atoms with Gasteiger partial charge in [-0.3, -0.25) is 9.69 Å². The molecule has 1 amide bonds. The number of rotatable bonds is 2. The third kappa shape index (κ3) is 1.62. The first-order valence-electron chi connectivity index (χ1n) is 4.13. The summed E-state index contributed by atoms with van der Waals surface area (Å²) in [4.78, 5) is 13.6. The van der Waals surface area contributed by atoms with Crippen LogP contribution < -0.4 is 0 Å². The molecule has 1 aromatic rings. The van der Waals surface area contributed by atoms with Gasteiger partial charge in [-0.25, -0.2) is 0 Å². The van der Waals surface area contributed by atoms with E-state index in [0.717, 1.165) is 10.7 Å². The van der Waals surface area contributed by atoms with E-state index in [1.54, 1.807) is 17.2 Å². The van der Waals surface area contributed by atoms with Crippen LogP contribution in [-0.2, 0) is 11.3 Å². The highest BCUT2D eigenvalue weighted by molar-refractivity contribution is 7.80. The zero-order valence-electron chi connectivity index (χ0n) is 7.03. The molecule has 2 heterocycles. The SMILES string of the molecule is O=C1CCC(=S)N1Cc1ccco1. The lowest BCUT2D eigenvalue weighted by atomic mass is 10.4. The lowest BCUT2D eigenvalue weighted by Gasteiger charge is -2.13. The predicted molar refractivity (Wildman–Crippen MR) is 51.1 cm³/mol. The van der Waals surface area contributed by atoms with E-state index in [2.05, 4.69) is 0 Å². The Morgan fingerprint density at radius 1 is 1.54 bits per heavy atom. The van der Waals surface area contributed by atoms with Crippen molar-refractivity contribution in [3.63, 3.8) is 0 Å². The van der Waals surface area contributed by atoms with Crippen molar-refractivity contribution < 1.29 is 9.21 Å². The fourth-order valence-corrected chi connectivity index (χ4v) is 1.63. The molecule has 3 nitrogen and oxygen atoms in total. The van der Waals surface area contributed by atoms with Crippen LogP contribution in [0.1, 0.15) is 18.6 Å². The predicted octanol–water partition coefficient (Wildman–Crippen LogP) is 1.73. The van der Waals surface area contributed by atoms with Gasteiger partial charge in [-0.15, -0.1) is 0 Å². The monoisotopic (exact) mass is 195 g/mol. The van der Waals surface area contributed by atoms with Gasteiger partial charge < -0.3 is 4.42 Å². The van der Waals surface area contributed by atoms with E-state index >= 15 is 0 Å². The Kier molecular flexibility index (Phi) is 2.14. The minimum atomic E-state index is 0.0985. The van der Waals surface area contributed by atoms with Crippen LogP contribution in [0.3, 0.4) is 0 Å². The molecule has 0 atom stereocenters. The average molecular weight is 195 g/mol. The van der Waals surface area contributed by atoms with Crippen LogP contribution in [0, 0.1) is 0 Å². The van der Waals surface area contributed by atoms with Crippen LogP contribution in [0.4, 0.5) is 0 Å². The van der Waals surface area contributed by atoms with Crippen LogP contribution in [0.15, 0.2) is 22.8 Å². The van der Waals surface area contributed by atoms with Crippen molar-refractivity contribution in [1.29, 1.82) is 0 Å². The molecule has 1 aromatic heterocycles. The first kappa shape index (κ1) is 8.44. The number of hydrogen-bond donors (Lipinski definition) is 0. The molecule has 0 spiro atoms. The van der Waals surface area contributed by atoms with Crippen LogP contribution in [0.25, 0.3) is 0 Å². The summed E-state index contributed by atoms with van der Waals surface area (Å²) in [5.74, 6) is 0.874. The fraction of sp³-hybridized carbons (Fsp3) is 0.333. The summed E-state index contributed by atoms with van der Waals surface area (Å²) in [5, 5.41) is 0. The third-order valence-corrected chi connectivity index (χ3v) is 2.47. The van der Waals surface area contributed by atoms with Gasteiger partial charge in [0.05, 0.1) is 17.8 Å². The maximum absolute atomic E-state index is 11.3. The number of carbonyl (C=O) groups is 1. The number of furan rings is 1. The molecule has 1 fully saturated rings. The summed E-state index contributed by atoms with van der Waals surface area (Å²) < 4.78 is 5.14. The molecule has 4 heteroatoms. The van der Waals surface area contributed by atoms with E-state index in [-0.39, 0.29) is 5.91 Å².